The zero-order valence-corrected chi connectivity index (χ0v) is 30.5. The molecule has 6 atom stereocenters. The van der Waals surface area contributed by atoms with Gasteiger partial charge in [0, 0.05) is 34.7 Å². The average molecular weight is 782 g/mol. The summed E-state index contributed by atoms with van der Waals surface area (Å²) in [5.74, 6) is -10.1. The maximum absolute atomic E-state index is 15.4. The van der Waals surface area contributed by atoms with Crippen LogP contribution in [0.5, 0.6) is 23.0 Å². The number of allylic oxidation sites excluding steroid dienone is 2. The van der Waals surface area contributed by atoms with Crippen molar-refractivity contribution in [1.82, 2.24) is 5.01 Å². The van der Waals surface area contributed by atoms with Crippen molar-refractivity contribution in [3.63, 3.8) is 0 Å². The Hall–Kier alpha value is -6.41. The van der Waals surface area contributed by atoms with Crippen LogP contribution in [0.15, 0.2) is 90.5 Å². The predicted octanol–water partition coefficient (Wildman–Crippen LogP) is 5.80. The number of carbonyl (C=O) groups is 5. The Morgan fingerprint density at radius 3 is 2.14 bits per heavy atom. The fourth-order valence-corrected chi connectivity index (χ4v) is 9.40. The third kappa shape index (κ3) is 5.30. The van der Waals surface area contributed by atoms with Gasteiger partial charge in [-0.05, 0) is 72.9 Å². The molecule has 1 saturated carbocycles. The minimum absolute atomic E-state index is 0.0232. The molecule has 3 fully saturated rings. The Morgan fingerprint density at radius 1 is 0.875 bits per heavy atom. The molecule has 4 N–H and O–H groups in total. The minimum atomic E-state index is -1.76. The molecule has 4 aliphatic rings. The lowest BCUT2D eigenvalue weighted by atomic mass is 9.49. The number of hydrogen-bond donors (Lipinski definition) is 4. The maximum atomic E-state index is 15.4. The number of phenols is 2. The summed E-state index contributed by atoms with van der Waals surface area (Å²) in [7, 11) is 2.75. The molecule has 2 heterocycles. The Labute approximate surface area is 323 Å². The lowest BCUT2D eigenvalue weighted by Gasteiger charge is -2.51. The van der Waals surface area contributed by atoms with Crippen molar-refractivity contribution < 1.29 is 53.2 Å². The molecule has 13 nitrogen and oxygen atoms in total. The SMILES string of the molecule is COc1cc(O)cc(OC)c1[C@H]1C2=CC[C@@H]3C(=O)N(c4ccc(C(=O)O)c(O)c4)C(=O)[C@@H]3[C@@H]2C[C@H]2C(=O)N(Nc3ccc(F)cc3)C(=O)[C@@]12c1ccc(Cl)cc1. The molecule has 2 aliphatic heterocycles. The molecular weight excluding hydrogens is 749 g/mol. The molecule has 2 saturated heterocycles. The summed E-state index contributed by atoms with van der Waals surface area (Å²) >= 11 is 6.37. The van der Waals surface area contributed by atoms with Gasteiger partial charge >= 0.3 is 5.97 Å². The highest BCUT2D eigenvalue weighted by Crippen LogP contribution is 2.66. The molecule has 0 radical (unpaired) electrons. The highest BCUT2D eigenvalue weighted by molar-refractivity contribution is 6.30. The summed E-state index contributed by atoms with van der Waals surface area (Å²) in [6, 6.07) is 17.7. The van der Waals surface area contributed by atoms with Gasteiger partial charge in [0.05, 0.1) is 48.8 Å². The predicted molar refractivity (Wildman–Crippen MR) is 198 cm³/mol. The number of phenolic OH excluding ortho intramolecular Hbond substituents is 1. The van der Waals surface area contributed by atoms with Crippen LogP contribution in [-0.4, -0.2) is 64.1 Å². The van der Waals surface area contributed by atoms with Gasteiger partial charge in [0.2, 0.25) is 11.8 Å². The molecule has 0 spiro atoms. The van der Waals surface area contributed by atoms with Crippen molar-refractivity contribution in [3.8, 4) is 23.0 Å². The summed E-state index contributed by atoms with van der Waals surface area (Å²) in [6.07, 6.45) is 1.79. The molecule has 286 valence electrons. The van der Waals surface area contributed by atoms with Gasteiger partial charge < -0.3 is 24.8 Å². The maximum Gasteiger partial charge on any atom is 0.339 e. The number of amides is 4. The van der Waals surface area contributed by atoms with Crippen LogP contribution in [-0.2, 0) is 24.6 Å². The van der Waals surface area contributed by atoms with E-state index in [-0.39, 0.29) is 41.5 Å². The van der Waals surface area contributed by atoms with E-state index in [0.717, 1.165) is 22.0 Å². The molecule has 4 amide bonds. The third-order valence-corrected chi connectivity index (χ3v) is 11.8. The molecule has 56 heavy (non-hydrogen) atoms. The van der Waals surface area contributed by atoms with Crippen LogP contribution in [0, 0.1) is 29.5 Å². The monoisotopic (exact) mass is 781 g/mol. The van der Waals surface area contributed by atoms with Crippen LogP contribution in [0.4, 0.5) is 15.8 Å². The lowest BCUT2D eigenvalue weighted by Crippen LogP contribution is -2.53. The Balaban J connectivity index is 1.35. The van der Waals surface area contributed by atoms with E-state index in [2.05, 4.69) is 5.43 Å². The first-order valence-electron chi connectivity index (χ1n) is 17.6. The van der Waals surface area contributed by atoms with Crippen molar-refractivity contribution in [1.29, 1.82) is 0 Å². The number of nitrogens with one attached hydrogen (secondary N) is 1. The number of carboxylic acid groups (broad SMARTS) is 1. The van der Waals surface area contributed by atoms with Gasteiger partial charge in [0.1, 0.15) is 34.4 Å². The highest BCUT2D eigenvalue weighted by Gasteiger charge is 2.71. The molecule has 2 aliphatic carbocycles. The van der Waals surface area contributed by atoms with Crippen LogP contribution in [0.2, 0.25) is 5.02 Å². The van der Waals surface area contributed by atoms with E-state index >= 15 is 4.79 Å². The second-order valence-corrected chi connectivity index (χ2v) is 14.6. The summed E-state index contributed by atoms with van der Waals surface area (Å²) in [5.41, 5.74) is 2.19. The number of carboxylic acids is 1. The minimum Gasteiger partial charge on any atom is -0.508 e. The number of fused-ring (bicyclic) bond motifs is 4. The summed E-state index contributed by atoms with van der Waals surface area (Å²) in [4.78, 5) is 71.6. The topological polar surface area (TPSA) is 183 Å². The zero-order chi connectivity index (χ0) is 39.8. The van der Waals surface area contributed by atoms with Crippen LogP contribution in [0.1, 0.15) is 40.2 Å². The molecule has 0 bridgehead atoms. The largest absolute Gasteiger partial charge is 0.508 e. The number of benzene rings is 4. The van der Waals surface area contributed by atoms with Crippen LogP contribution < -0.4 is 19.8 Å². The van der Waals surface area contributed by atoms with Crippen molar-refractivity contribution in [3.05, 3.63) is 118 Å². The Kier molecular flexibility index (Phi) is 8.75. The first-order valence-corrected chi connectivity index (χ1v) is 17.9. The van der Waals surface area contributed by atoms with Gasteiger partial charge in [-0.1, -0.05) is 35.4 Å². The second kappa shape index (κ2) is 13.4. The fourth-order valence-electron chi connectivity index (χ4n) is 9.27. The van der Waals surface area contributed by atoms with Gasteiger partial charge in [-0.3, -0.25) is 24.6 Å². The second-order valence-electron chi connectivity index (χ2n) is 14.2. The fraction of sp³-hybridized carbons (Fsp3) is 0.244. The van der Waals surface area contributed by atoms with Gasteiger partial charge in [0.15, 0.2) is 0 Å². The molecular formula is C41H33ClFN3O10. The van der Waals surface area contributed by atoms with Crippen molar-refractivity contribution in [2.75, 3.05) is 24.5 Å². The van der Waals surface area contributed by atoms with Crippen molar-refractivity contribution in [2.45, 2.75) is 24.2 Å². The number of aromatic hydroxyl groups is 2. The number of hydrazine groups is 1. The zero-order valence-electron chi connectivity index (χ0n) is 29.7. The van der Waals surface area contributed by atoms with Gasteiger partial charge in [-0.2, -0.15) is 5.01 Å². The van der Waals surface area contributed by atoms with Crippen LogP contribution in [0.3, 0.4) is 0 Å². The smallest absolute Gasteiger partial charge is 0.339 e. The van der Waals surface area contributed by atoms with Crippen LogP contribution in [0.25, 0.3) is 0 Å². The number of ether oxygens (including phenoxy) is 2. The molecule has 0 aromatic heterocycles. The molecule has 4 aromatic rings. The molecule has 0 unspecified atom stereocenters. The van der Waals surface area contributed by atoms with E-state index in [0.29, 0.717) is 21.7 Å². The van der Waals surface area contributed by atoms with E-state index in [9.17, 15) is 38.9 Å². The van der Waals surface area contributed by atoms with Gasteiger partial charge in [-0.25, -0.2) is 14.1 Å². The van der Waals surface area contributed by atoms with E-state index in [1.54, 1.807) is 24.3 Å². The normalized spacial score (nSPS) is 25.4. The van der Waals surface area contributed by atoms with E-state index in [4.69, 9.17) is 21.1 Å². The quantitative estimate of drug-likeness (QED) is 0.125. The van der Waals surface area contributed by atoms with E-state index in [1.165, 1.54) is 56.7 Å². The van der Waals surface area contributed by atoms with Gasteiger partial charge in [0.25, 0.3) is 11.8 Å². The molecule has 15 heteroatoms. The number of methoxy groups -OCH3 is 2. The van der Waals surface area contributed by atoms with Gasteiger partial charge in [-0.15, -0.1) is 0 Å². The number of nitrogens with zero attached hydrogens (tertiary/aromatic N) is 2. The average Bonchev–Trinajstić information content (AvgIpc) is 3.56. The van der Waals surface area contributed by atoms with Crippen molar-refractivity contribution in [2.24, 2.45) is 23.7 Å². The Bertz CT molecular complexity index is 2360. The number of hydrogen-bond acceptors (Lipinski definition) is 10. The number of halogens is 2. The van der Waals surface area contributed by atoms with E-state index < -0.39 is 81.7 Å². The lowest BCUT2D eigenvalue weighted by molar-refractivity contribution is -0.138. The molecule has 8 rings (SSSR count). The molecule has 4 aromatic carbocycles. The number of anilines is 2. The summed E-state index contributed by atoms with van der Waals surface area (Å²) in [5, 5.41) is 31.9. The third-order valence-electron chi connectivity index (χ3n) is 11.5. The number of rotatable bonds is 8. The first-order chi connectivity index (χ1) is 26.8. The highest BCUT2D eigenvalue weighted by atomic mass is 35.5. The number of aromatic carboxylic acids is 1. The standard InChI is InChI=1S/C41H33ClFN3O10/c1-55-31-16-24(47)17-32(56-2)34(31)35-25-13-14-27-33(38(51)45(36(27)49)23-11-12-26(39(52)53)30(48)15-23)28(25)18-29-37(50)46(44-22-9-7-21(43)8-10-22)40(54)41(29,35)19-3-5-20(42)6-4-19/h3-13,15-17,27-29,33,35,44,47-48H,14,18H2,1-2H3,(H,52,53)/t27-,28+,29-,33-,35+,41+/m0/s1. The summed E-state index contributed by atoms with van der Waals surface area (Å²) in [6.45, 7) is 0. The first kappa shape index (κ1) is 36.6. The van der Waals surface area contributed by atoms with E-state index in [1.807, 2.05) is 6.08 Å². The Morgan fingerprint density at radius 2 is 1.54 bits per heavy atom. The number of carbonyl (C=O) groups excluding carboxylic acids is 4. The van der Waals surface area contributed by atoms with Crippen LogP contribution >= 0.6 is 11.6 Å². The number of imide groups is 2. The van der Waals surface area contributed by atoms with Crippen molar-refractivity contribution >= 4 is 52.6 Å². The summed E-state index contributed by atoms with van der Waals surface area (Å²) < 4.78 is 25.6.